The average Bonchev–Trinajstić information content (AvgIpc) is 2.51. The largest absolute Gasteiger partial charge is 0.325 e. The van der Waals surface area contributed by atoms with Gasteiger partial charge in [0.05, 0.1) is 18.2 Å². The number of hydrogen-bond acceptors (Lipinski definition) is 3. The third-order valence-electron chi connectivity index (χ3n) is 2.97. The number of amides is 1. The molecular weight excluding hydrogens is 360 g/mol. The number of hydrogen-bond donors (Lipinski definition) is 1. The van der Waals surface area contributed by atoms with Crippen LogP contribution in [0.5, 0.6) is 0 Å². The Morgan fingerprint density at radius 2 is 1.91 bits per heavy atom. The molecule has 2 aromatic carbocycles. The maximum absolute atomic E-state index is 11.9. The van der Waals surface area contributed by atoms with Crippen LogP contribution in [-0.2, 0) is 17.0 Å². The van der Waals surface area contributed by atoms with Crippen molar-refractivity contribution in [2.45, 2.75) is 12.2 Å². The molecule has 0 saturated carbocycles. The molecule has 5 heteroatoms. The van der Waals surface area contributed by atoms with Crippen LogP contribution in [0.1, 0.15) is 11.1 Å². The lowest BCUT2D eigenvalue weighted by molar-refractivity contribution is -0.113. The van der Waals surface area contributed by atoms with Gasteiger partial charge in [-0.05, 0) is 29.3 Å². The third-order valence-corrected chi connectivity index (χ3v) is 4.72. The van der Waals surface area contributed by atoms with E-state index >= 15 is 0 Å². The minimum Gasteiger partial charge on any atom is -0.325 e. The van der Waals surface area contributed by atoms with Crippen molar-refractivity contribution in [2.75, 3.05) is 11.1 Å². The molecule has 0 unspecified atom stereocenters. The summed E-state index contributed by atoms with van der Waals surface area (Å²) in [6.45, 7) is 0. The number of carbonyl (C=O) groups excluding carboxylic acids is 1. The van der Waals surface area contributed by atoms with Crippen molar-refractivity contribution in [1.82, 2.24) is 0 Å². The van der Waals surface area contributed by atoms with Crippen LogP contribution < -0.4 is 5.32 Å². The fourth-order valence-electron chi connectivity index (χ4n) is 1.86. The van der Waals surface area contributed by atoms with Gasteiger partial charge in [-0.2, -0.15) is 5.26 Å². The van der Waals surface area contributed by atoms with E-state index in [-0.39, 0.29) is 5.91 Å². The Hall–Kier alpha value is -1.77. The number of anilines is 1. The van der Waals surface area contributed by atoms with Crippen molar-refractivity contribution in [3.63, 3.8) is 0 Å². The Labute approximate surface area is 142 Å². The molecule has 0 bridgehead atoms. The highest BCUT2D eigenvalue weighted by molar-refractivity contribution is 9.10. The molecule has 2 aromatic rings. The summed E-state index contributed by atoms with van der Waals surface area (Å²) in [5.41, 5.74) is 2.89. The summed E-state index contributed by atoms with van der Waals surface area (Å²) in [5.74, 6) is 1.17. The van der Waals surface area contributed by atoms with Crippen LogP contribution in [0.4, 0.5) is 5.69 Å². The van der Waals surface area contributed by atoms with Crippen molar-refractivity contribution in [3.05, 3.63) is 64.1 Å². The second-order valence-electron chi connectivity index (χ2n) is 4.66. The second kappa shape index (κ2) is 8.62. The van der Waals surface area contributed by atoms with Crippen LogP contribution >= 0.6 is 27.7 Å². The lowest BCUT2D eigenvalue weighted by atomic mass is 10.1. The van der Waals surface area contributed by atoms with Crippen LogP contribution in [0.15, 0.2) is 53.0 Å². The number of nitrogens with zero attached hydrogens (tertiary/aromatic N) is 1. The molecule has 1 amide bonds. The molecule has 1 N–H and O–H groups in total. The molecule has 0 aliphatic rings. The molecular formula is C17H15BrN2OS. The molecule has 0 aliphatic carbocycles. The normalized spacial score (nSPS) is 10.0. The third kappa shape index (κ3) is 5.21. The first-order valence-electron chi connectivity index (χ1n) is 6.76. The van der Waals surface area contributed by atoms with Crippen LogP contribution in [0.2, 0.25) is 0 Å². The van der Waals surface area contributed by atoms with Crippen LogP contribution in [0, 0.1) is 11.3 Å². The molecule has 22 heavy (non-hydrogen) atoms. The standard InChI is InChI=1S/C17H15BrN2OS/c18-16-4-2-1-3-14(16)11-22-12-17(21)20-15-7-5-13(6-8-15)9-10-19/h1-8H,9,11-12H2,(H,20,21). The van der Waals surface area contributed by atoms with Gasteiger partial charge in [-0.25, -0.2) is 0 Å². The molecule has 0 spiro atoms. The highest BCUT2D eigenvalue weighted by atomic mass is 79.9. The van der Waals surface area contributed by atoms with Gasteiger partial charge in [0, 0.05) is 15.9 Å². The van der Waals surface area contributed by atoms with E-state index in [1.54, 1.807) is 11.8 Å². The van der Waals surface area contributed by atoms with E-state index in [1.165, 1.54) is 5.56 Å². The van der Waals surface area contributed by atoms with Gasteiger partial charge in [0.2, 0.25) is 5.91 Å². The SMILES string of the molecule is N#CCc1ccc(NC(=O)CSCc2ccccc2Br)cc1. The van der Waals surface area contributed by atoms with E-state index < -0.39 is 0 Å². The molecule has 0 radical (unpaired) electrons. The number of carbonyl (C=O) groups is 1. The quantitative estimate of drug-likeness (QED) is 0.815. The van der Waals surface area contributed by atoms with Crippen molar-refractivity contribution < 1.29 is 4.79 Å². The Morgan fingerprint density at radius 3 is 2.59 bits per heavy atom. The van der Waals surface area contributed by atoms with E-state index in [2.05, 4.69) is 27.3 Å². The highest BCUT2D eigenvalue weighted by Gasteiger charge is 2.04. The molecule has 0 aromatic heterocycles. The molecule has 0 heterocycles. The first kappa shape index (κ1) is 16.6. The van der Waals surface area contributed by atoms with E-state index in [4.69, 9.17) is 5.26 Å². The van der Waals surface area contributed by atoms with Crippen LogP contribution in [0.25, 0.3) is 0 Å². The lowest BCUT2D eigenvalue weighted by Gasteiger charge is -2.07. The predicted molar refractivity (Wildman–Crippen MR) is 94.7 cm³/mol. The zero-order chi connectivity index (χ0) is 15.8. The summed E-state index contributed by atoms with van der Waals surface area (Å²) in [4.78, 5) is 11.9. The van der Waals surface area contributed by atoms with E-state index in [1.807, 2.05) is 48.5 Å². The number of benzene rings is 2. The number of halogens is 1. The van der Waals surface area contributed by atoms with Crippen molar-refractivity contribution in [3.8, 4) is 6.07 Å². The van der Waals surface area contributed by atoms with Crippen LogP contribution in [0.3, 0.4) is 0 Å². The molecule has 112 valence electrons. The maximum Gasteiger partial charge on any atom is 0.234 e. The summed E-state index contributed by atoms with van der Waals surface area (Å²) in [6, 6.07) is 17.5. The van der Waals surface area contributed by atoms with E-state index in [9.17, 15) is 4.79 Å². The van der Waals surface area contributed by atoms with Crippen LogP contribution in [-0.4, -0.2) is 11.7 Å². The smallest absolute Gasteiger partial charge is 0.234 e. The Kier molecular flexibility index (Phi) is 6.50. The predicted octanol–water partition coefficient (Wildman–Crippen LogP) is 4.39. The summed E-state index contributed by atoms with van der Waals surface area (Å²) < 4.78 is 1.07. The van der Waals surface area contributed by atoms with Crippen molar-refractivity contribution >= 4 is 39.3 Å². The summed E-state index contributed by atoms with van der Waals surface area (Å²) in [5, 5.41) is 11.5. The Morgan fingerprint density at radius 1 is 1.18 bits per heavy atom. The van der Waals surface area contributed by atoms with Gasteiger partial charge in [-0.1, -0.05) is 46.3 Å². The van der Waals surface area contributed by atoms with Crippen molar-refractivity contribution in [1.29, 1.82) is 5.26 Å². The number of nitriles is 1. The number of thioether (sulfide) groups is 1. The topological polar surface area (TPSA) is 52.9 Å². The fraction of sp³-hybridized carbons (Fsp3) is 0.176. The van der Waals surface area contributed by atoms with Gasteiger partial charge < -0.3 is 5.32 Å². The Balaban J connectivity index is 1.78. The molecule has 3 nitrogen and oxygen atoms in total. The van der Waals surface area contributed by atoms with Gasteiger partial charge in [0.25, 0.3) is 0 Å². The Bertz CT molecular complexity index is 680. The van der Waals surface area contributed by atoms with Crippen molar-refractivity contribution in [2.24, 2.45) is 0 Å². The monoisotopic (exact) mass is 374 g/mol. The second-order valence-corrected chi connectivity index (χ2v) is 6.50. The van der Waals surface area contributed by atoms with E-state index in [0.717, 1.165) is 21.5 Å². The average molecular weight is 375 g/mol. The summed E-state index contributed by atoms with van der Waals surface area (Å²) in [7, 11) is 0. The molecule has 0 fully saturated rings. The van der Waals surface area contributed by atoms with Gasteiger partial charge in [-0.15, -0.1) is 11.8 Å². The maximum atomic E-state index is 11.9. The first-order chi connectivity index (χ1) is 10.7. The number of rotatable bonds is 6. The van der Waals surface area contributed by atoms with Gasteiger partial charge >= 0.3 is 0 Å². The highest BCUT2D eigenvalue weighted by Crippen LogP contribution is 2.21. The molecule has 0 saturated heterocycles. The first-order valence-corrected chi connectivity index (χ1v) is 8.70. The lowest BCUT2D eigenvalue weighted by Crippen LogP contribution is -2.14. The zero-order valence-corrected chi connectivity index (χ0v) is 14.3. The number of nitrogens with one attached hydrogen (secondary N) is 1. The molecule has 0 aliphatic heterocycles. The fourth-order valence-corrected chi connectivity index (χ4v) is 3.31. The summed E-state index contributed by atoms with van der Waals surface area (Å²) >= 11 is 5.07. The van der Waals surface area contributed by atoms with Gasteiger partial charge in [0.15, 0.2) is 0 Å². The minimum atomic E-state index is -0.0231. The van der Waals surface area contributed by atoms with Gasteiger partial charge in [0.1, 0.15) is 0 Å². The minimum absolute atomic E-state index is 0.0231. The molecule has 0 atom stereocenters. The van der Waals surface area contributed by atoms with E-state index in [0.29, 0.717) is 12.2 Å². The zero-order valence-electron chi connectivity index (χ0n) is 11.9. The summed E-state index contributed by atoms with van der Waals surface area (Å²) in [6.07, 6.45) is 0.385. The molecule has 2 rings (SSSR count). The van der Waals surface area contributed by atoms with Gasteiger partial charge in [-0.3, -0.25) is 4.79 Å².